The van der Waals surface area contributed by atoms with Gasteiger partial charge in [0.15, 0.2) is 6.29 Å². The van der Waals surface area contributed by atoms with Gasteiger partial charge < -0.3 is 39.2 Å². The molecule has 3 rings (SSSR count). The van der Waals surface area contributed by atoms with E-state index in [1.807, 2.05) is 46.7 Å². The zero-order valence-electron chi connectivity index (χ0n) is 27.5. The quantitative estimate of drug-likeness (QED) is 0.229. The number of esters is 1. The lowest BCUT2D eigenvalue weighted by Gasteiger charge is -2.48. The average Bonchev–Trinajstić information content (AvgIpc) is 3.56. The first-order valence-corrected chi connectivity index (χ1v) is 15.8. The molecule has 10 nitrogen and oxygen atoms in total. The number of ether oxygens (including phenoxy) is 4. The first-order valence-electron chi connectivity index (χ1n) is 15.8. The van der Waals surface area contributed by atoms with Crippen LogP contribution < -0.4 is 0 Å². The van der Waals surface area contributed by atoms with E-state index in [1.165, 1.54) is 0 Å². The summed E-state index contributed by atoms with van der Waals surface area (Å²) in [5.74, 6) is -1.98. The lowest BCUT2D eigenvalue weighted by atomic mass is 9.77. The Kier molecular flexibility index (Phi) is 11.7. The molecule has 244 valence electrons. The molecule has 0 aromatic heterocycles. The van der Waals surface area contributed by atoms with Gasteiger partial charge in [-0.05, 0) is 73.9 Å². The molecule has 0 aliphatic carbocycles. The van der Waals surface area contributed by atoms with Crippen LogP contribution in [0.3, 0.4) is 0 Å². The summed E-state index contributed by atoms with van der Waals surface area (Å²) in [6.07, 6.45) is -1.33. The van der Waals surface area contributed by atoms with Gasteiger partial charge in [0.1, 0.15) is 17.8 Å². The molecule has 0 saturated carbocycles. The topological polar surface area (TPSA) is 121 Å². The Labute approximate surface area is 253 Å². The van der Waals surface area contributed by atoms with Gasteiger partial charge in [-0.2, -0.15) is 0 Å². The molecule has 3 fully saturated rings. The lowest BCUT2D eigenvalue weighted by Crippen LogP contribution is -2.60. The number of nitrogens with zero attached hydrogens (tertiary/aromatic N) is 2. The van der Waals surface area contributed by atoms with Crippen molar-refractivity contribution in [2.45, 2.75) is 141 Å². The fourth-order valence-corrected chi connectivity index (χ4v) is 7.59. The summed E-state index contributed by atoms with van der Waals surface area (Å²) in [5, 5.41) is 34.6. The number of aliphatic hydroxyl groups excluding tert-OH is 2. The summed E-state index contributed by atoms with van der Waals surface area (Å²) in [6.45, 7) is 20.1. The predicted molar refractivity (Wildman–Crippen MR) is 161 cm³/mol. The second-order valence-corrected chi connectivity index (χ2v) is 13.9. The molecule has 3 saturated heterocycles. The van der Waals surface area contributed by atoms with Crippen molar-refractivity contribution in [2.75, 3.05) is 27.2 Å². The summed E-state index contributed by atoms with van der Waals surface area (Å²) in [4.78, 5) is 17.6. The number of aliphatic hydroxyl groups is 3. The van der Waals surface area contributed by atoms with Crippen LogP contribution in [0.25, 0.3) is 0 Å². The van der Waals surface area contributed by atoms with Crippen molar-refractivity contribution in [3.8, 4) is 0 Å². The van der Waals surface area contributed by atoms with Crippen LogP contribution in [0.5, 0.6) is 0 Å². The van der Waals surface area contributed by atoms with E-state index < -0.39 is 59.7 Å². The zero-order valence-corrected chi connectivity index (χ0v) is 27.5. The van der Waals surface area contributed by atoms with E-state index in [9.17, 15) is 20.1 Å². The minimum absolute atomic E-state index is 0.116. The number of cyclic esters (lactones) is 1. The molecule has 0 radical (unpaired) electrons. The summed E-state index contributed by atoms with van der Waals surface area (Å²) in [7, 11) is 3.84. The summed E-state index contributed by atoms with van der Waals surface area (Å²) < 4.78 is 25.2. The Morgan fingerprint density at radius 1 is 1.14 bits per heavy atom. The van der Waals surface area contributed by atoms with Crippen LogP contribution in [0.4, 0.5) is 0 Å². The summed E-state index contributed by atoms with van der Waals surface area (Å²) in [5.41, 5.74) is -2.19. The maximum Gasteiger partial charge on any atom is 0.311 e. The van der Waals surface area contributed by atoms with Crippen LogP contribution in [0.1, 0.15) is 74.7 Å². The van der Waals surface area contributed by atoms with E-state index in [0.29, 0.717) is 25.8 Å². The van der Waals surface area contributed by atoms with Crippen molar-refractivity contribution in [1.82, 2.24) is 9.80 Å². The van der Waals surface area contributed by atoms with E-state index in [2.05, 4.69) is 25.3 Å². The SMILES string of the molecule is C=CCO[C@@]1(C)C[C@@H](C)CN2C(C)C2[C@](C)(O)[C@@H](CC)OC(=O)[C@H](C)[C@@H](O)[C@H](C)[C@H]1O[C@@H]1O[C@H](C)C[C@H](N(C)C)[C@H]1O. The smallest absolute Gasteiger partial charge is 0.311 e. The van der Waals surface area contributed by atoms with Crippen LogP contribution in [0.2, 0.25) is 0 Å². The fourth-order valence-electron chi connectivity index (χ4n) is 7.59. The number of hydrogen-bond acceptors (Lipinski definition) is 10. The third-order valence-corrected chi connectivity index (χ3v) is 9.99. The highest BCUT2D eigenvalue weighted by Gasteiger charge is 2.59. The van der Waals surface area contributed by atoms with Crippen LogP contribution in [-0.2, 0) is 23.7 Å². The Hall–Kier alpha value is -1.11. The van der Waals surface area contributed by atoms with Crippen molar-refractivity contribution in [1.29, 1.82) is 0 Å². The summed E-state index contributed by atoms with van der Waals surface area (Å²) >= 11 is 0. The minimum Gasteiger partial charge on any atom is -0.459 e. The number of carbonyl (C=O) groups excluding carboxylic acids is 1. The molecule has 3 heterocycles. The van der Waals surface area contributed by atoms with Gasteiger partial charge in [0, 0.05) is 24.5 Å². The van der Waals surface area contributed by atoms with Crippen LogP contribution in [0, 0.1) is 17.8 Å². The first kappa shape index (κ1) is 35.4. The maximum absolute atomic E-state index is 13.4. The number of fused-ring (bicyclic) bond motifs is 1. The molecule has 3 unspecified atom stereocenters. The van der Waals surface area contributed by atoms with Gasteiger partial charge in [0.25, 0.3) is 0 Å². The van der Waals surface area contributed by atoms with Gasteiger partial charge in [-0.3, -0.25) is 9.69 Å². The van der Waals surface area contributed by atoms with E-state index in [4.69, 9.17) is 18.9 Å². The average molecular weight is 599 g/mol. The van der Waals surface area contributed by atoms with E-state index in [0.717, 1.165) is 0 Å². The second kappa shape index (κ2) is 13.9. The number of hydrogen-bond donors (Lipinski definition) is 3. The van der Waals surface area contributed by atoms with Crippen LogP contribution in [-0.4, -0.2) is 124 Å². The van der Waals surface area contributed by atoms with Crippen molar-refractivity contribution in [3.05, 3.63) is 12.7 Å². The molecule has 3 aliphatic heterocycles. The van der Waals surface area contributed by atoms with E-state index in [-0.39, 0.29) is 36.8 Å². The number of rotatable bonds is 7. The molecule has 0 bridgehead atoms. The summed E-state index contributed by atoms with van der Waals surface area (Å²) in [6, 6.07) is -0.224. The Bertz CT molecular complexity index is 917. The second-order valence-electron chi connectivity index (χ2n) is 13.9. The predicted octanol–water partition coefficient (Wildman–Crippen LogP) is 2.58. The Balaban J connectivity index is 2.05. The molecular weight excluding hydrogens is 540 g/mol. The molecule has 10 heteroatoms. The number of likely N-dealkylation sites (N-methyl/N-ethyl adjacent to an activating group) is 1. The van der Waals surface area contributed by atoms with Gasteiger partial charge in [-0.25, -0.2) is 0 Å². The highest BCUT2D eigenvalue weighted by Crippen LogP contribution is 2.43. The highest BCUT2D eigenvalue weighted by atomic mass is 16.7. The fraction of sp³-hybridized carbons (Fsp3) is 0.906. The molecule has 42 heavy (non-hydrogen) atoms. The maximum atomic E-state index is 13.4. The molecule has 15 atom stereocenters. The van der Waals surface area contributed by atoms with Gasteiger partial charge in [-0.15, -0.1) is 6.58 Å². The number of carbonyl (C=O) groups is 1. The molecular formula is C32H58N2O8. The highest BCUT2D eigenvalue weighted by molar-refractivity contribution is 5.73. The molecule has 3 N–H and O–H groups in total. The van der Waals surface area contributed by atoms with Crippen molar-refractivity contribution in [2.24, 2.45) is 17.8 Å². The molecule has 0 aromatic carbocycles. The standard InChI is InChI=1S/C32H58N2O8/c1-12-14-39-31(8)16-18(3)17-34-22(7)27(34)32(9,38)24(13-2)41-29(37)21(6)25(35)20(5)28(31)42-30-26(36)23(33(10)11)15-19(4)40-30/h12,18-28,30,35-36,38H,1,13-17H2,2-11H3/t18-,19-,20+,21-,22?,23+,24-,25+,26-,27?,28-,30+,31+,32-,34?/m1/s1. The van der Waals surface area contributed by atoms with Gasteiger partial charge in [-0.1, -0.05) is 26.8 Å². The van der Waals surface area contributed by atoms with Gasteiger partial charge in [0.05, 0.1) is 42.5 Å². The Morgan fingerprint density at radius 3 is 2.36 bits per heavy atom. The van der Waals surface area contributed by atoms with E-state index in [1.54, 1.807) is 19.9 Å². The first-order chi connectivity index (χ1) is 19.5. The van der Waals surface area contributed by atoms with Crippen LogP contribution >= 0.6 is 0 Å². The third-order valence-electron chi connectivity index (χ3n) is 9.99. The zero-order chi connectivity index (χ0) is 31.7. The Morgan fingerprint density at radius 2 is 1.79 bits per heavy atom. The third kappa shape index (κ3) is 7.40. The van der Waals surface area contributed by atoms with Gasteiger partial charge in [0.2, 0.25) is 0 Å². The van der Waals surface area contributed by atoms with Crippen LogP contribution in [0.15, 0.2) is 12.7 Å². The molecule has 3 aliphatic rings. The molecule has 0 amide bonds. The minimum atomic E-state index is -1.24. The van der Waals surface area contributed by atoms with Crippen molar-refractivity contribution >= 4 is 5.97 Å². The van der Waals surface area contributed by atoms with Gasteiger partial charge >= 0.3 is 5.97 Å². The largest absolute Gasteiger partial charge is 0.459 e. The van der Waals surface area contributed by atoms with E-state index >= 15 is 0 Å². The molecule has 0 aromatic rings. The monoisotopic (exact) mass is 598 g/mol. The molecule has 0 spiro atoms. The normalized spacial score (nSPS) is 49.1. The van der Waals surface area contributed by atoms with Crippen molar-refractivity contribution in [3.63, 3.8) is 0 Å². The lowest BCUT2D eigenvalue weighted by molar-refractivity contribution is -0.303. The van der Waals surface area contributed by atoms with Crippen molar-refractivity contribution < 1.29 is 39.1 Å².